The molecule has 0 spiro atoms. The number of hydrogen-bond donors (Lipinski definition) is 0. The lowest BCUT2D eigenvalue weighted by Gasteiger charge is -2.10. The molecule has 0 saturated carbocycles. The summed E-state index contributed by atoms with van der Waals surface area (Å²) < 4.78 is 65.2. The summed E-state index contributed by atoms with van der Waals surface area (Å²) in [5.74, 6) is -0.426. The molecule has 0 saturated heterocycles. The molecule has 0 unspecified atom stereocenters. The van der Waals surface area contributed by atoms with E-state index in [0.29, 0.717) is 0 Å². The van der Waals surface area contributed by atoms with Crippen molar-refractivity contribution in [1.82, 2.24) is 24.7 Å². The van der Waals surface area contributed by atoms with Gasteiger partial charge in [-0.3, -0.25) is 4.98 Å². The first kappa shape index (κ1) is 21.2. The van der Waals surface area contributed by atoms with Crippen molar-refractivity contribution in [2.45, 2.75) is 18.0 Å². The Hall–Kier alpha value is -3.51. The molecule has 3 rings (SSSR count). The maximum absolute atomic E-state index is 13.0. The minimum atomic E-state index is -4.58. The van der Waals surface area contributed by atoms with Crippen molar-refractivity contribution in [1.29, 1.82) is 0 Å². The predicted octanol–water partition coefficient (Wildman–Crippen LogP) is 3.69. The van der Waals surface area contributed by atoms with Gasteiger partial charge in [0.25, 0.3) is 0 Å². The third kappa shape index (κ3) is 3.95. The largest absolute Gasteiger partial charge is 0.416 e. The van der Waals surface area contributed by atoms with E-state index in [-0.39, 0.29) is 39.5 Å². The van der Waals surface area contributed by atoms with E-state index >= 15 is 0 Å². The summed E-state index contributed by atoms with van der Waals surface area (Å²) in [4.78, 5) is 10.4. The number of sulfone groups is 1. The number of halogens is 3. The molecule has 30 heavy (non-hydrogen) atoms. The Morgan fingerprint density at radius 3 is 2.53 bits per heavy atom. The molecule has 0 bridgehead atoms. The van der Waals surface area contributed by atoms with Gasteiger partial charge in [0.15, 0.2) is 21.5 Å². The number of hydrogen-bond acceptors (Lipinski definition) is 7. The van der Waals surface area contributed by atoms with E-state index in [4.69, 9.17) is 5.53 Å². The number of alkyl halides is 3. The van der Waals surface area contributed by atoms with Crippen LogP contribution in [0.5, 0.6) is 0 Å². The molecule has 0 N–H and O–H groups in total. The van der Waals surface area contributed by atoms with E-state index in [9.17, 15) is 21.6 Å². The summed E-state index contributed by atoms with van der Waals surface area (Å²) in [6, 6.07) is 4.08. The van der Waals surface area contributed by atoms with Crippen molar-refractivity contribution < 1.29 is 21.6 Å². The number of rotatable bonds is 5. The van der Waals surface area contributed by atoms with Gasteiger partial charge in [-0.25, -0.2) is 13.4 Å². The van der Waals surface area contributed by atoms with Crippen LogP contribution >= 0.6 is 0 Å². The van der Waals surface area contributed by atoms with Crippen LogP contribution in [0.2, 0.25) is 0 Å². The molecule has 0 radical (unpaired) electrons. The average molecular weight is 438 g/mol. The zero-order valence-electron chi connectivity index (χ0n) is 15.5. The zero-order chi connectivity index (χ0) is 22.1. The van der Waals surface area contributed by atoms with Gasteiger partial charge >= 0.3 is 6.18 Å². The standard InChI is InChI=1S/C16H13F3N8O2S/c1-3-30(28,29)11-4-5-12(23-26-20)22-13(11)15-25-24-14(27(15)2)10-8-9(6-7-21-10)16(17,18)19/h4-8H,3H2,1-2H3. The summed E-state index contributed by atoms with van der Waals surface area (Å²) in [5, 5.41) is 11.1. The van der Waals surface area contributed by atoms with Crippen LogP contribution in [-0.4, -0.2) is 38.9 Å². The Morgan fingerprint density at radius 1 is 1.20 bits per heavy atom. The van der Waals surface area contributed by atoms with Crippen molar-refractivity contribution in [2.75, 3.05) is 5.75 Å². The highest BCUT2D eigenvalue weighted by molar-refractivity contribution is 7.91. The Bertz CT molecular complexity index is 1260. The first-order valence-corrected chi connectivity index (χ1v) is 9.96. The fourth-order valence-electron chi connectivity index (χ4n) is 2.59. The van der Waals surface area contributed by atoms with Crippen LogP contribution in [0.15, 0.2) is 40.5 Å². The van der Waals surface area contributed by atoms with Crippen LogP contribution < -0.4 is 0 Å². The van der Waals surface area contributed by atoms with Crippen molar-refractivity contribution in [3.63, 3.8) is 0 Å². The van der Waals surface area contributed by atoms with E-state index in [0.717, 1.165) is 18.3 Å². The lowest BCUT2D eigenvalue weighted by molar-refractivity contribution is -0.137. The van der Waals surface area contributed by atoms with E-state index in [1.54, 1.807) is 0 Å². The van der Waals surface area contributed by atoms with Crippen LogP contribution in [0.4, 0.5) is 19.0 Å². The van der Waals surface area contributed by atoms with E-state index < -0.39 is 21.6 Å². The fourth-order valence-corrected chi connectivity index (χ4v) is 3.61. The van der Waals surface area contributed by atoms with Crippen LogP contribution in [0.1, 0.15) is 12.5 Å². The van der Waals surface area contributed by atoms with Crippen LogP contribution in [-0.2, 0) is 23.1 Å². The van der Waals surface area contributed by atoms with Crippen molar-refractivity contribution in [3.05, 3.63) is 46.5 Å². The molecule has 3 heterocycles. The van der Waals surface area contributed by atoms with Gasteiger partial charge in [0.05, 0.1) is 16.2 Å². The molecule has 0 aromatic carbocycles. The lowest BCUT2D eigenvalue weighted by Crippen LogP contribution is -2.09. The van der Waals surface area contributed by atoms with Crippen molar-refractivity contribution in [2.24, 2.45) is 12.2 Å². The third-order valence-electron chi connectivity index (χ3n) is 4.11. The van der Waals surface area contributed by atoms with Gasteiger partial charge < -0.3 is 4.57 Å². The fraction of sp³-hybridized carbons (Fsp3) is 0.250. The van der Waals surface area contributed by atoms with Gasteiger partial charge in [-0.05, 0) is 34.9 Å². The summed E-state index contributed by atoms with van der Waals surface area (Å²) in [6.45, 7) is 1.44. The second-order valence-corrected chi connectivity index (χ2v) is 8.19. The molecule has 0 aliphatic carbocycles. The van der Waals surface area contributed by atoms with Gasteiger partial charge in [-0.15, -0.1) is 10.2 Å². The quantitative estimate of drug-likeness (QED) is 0.338. The maximum Gasteiger partial charge on any atom is 0.416 e. The molecule has 0 atom stereocenters. The van der Waals surface area contributed by atoms with E-state index in [1.807, 2.05) is 0 Å². The molecule has 0 aliphatic heterocycles. The molecule has 0 fully saturated rings. The maximum atomic E-state index is 13.0. The Balaban J connectivity index is 2.21. The smallest absolute Gasteiger partial charge is 0.307 e. The number of pyridine rings is 2. The minimum Gasteiger partial charge on any atom is -0.307 e. The topological polar surface area (TPSA) is 139 Å². The Labute approximate surface area is 168 Å². The second kappa shape index (κ2) is 7.72. The van der Waals surface area contributed by atoms with E-state index in [2.05, 4.69) is 30.2 Å². The first-order chi connectivity index (χ1) is 14.1. The molecule has 10 nitrogen and oxygen atoms in total. The lowest BCUT2D eigenvalue weighted by atomic mass is 10.2. The van der Waals surface area contributed by atoms with Crippen LogP contribution in [0.3, 0.4) is 0 Å². The minimum absolute atomic E-state index is 0.0352. The summed E-state index contributed by atoms with van der Waals surface area (Å²) >= 11 is 0. The SMILES string of the molecule is CCS(=O)(=O)c1ccc(N=[N+]=[N-])nc1-c1nnc(-c2cc(C(F)(F)F)ccn2)n1C. The Morgan fingerprint density at radius 2 is 1.90 bits per heavy atom. The Kier molecular flexibility index (Phi) is 5.46. The van der Waals surface area contributed by atoms with Crippen molar-refractivity contribution >= 4 is 15.7 Å². The number of azide groups is 1. The average Bonchev–Trinajstić information content (AvgIpc) is 3.09. The zero-order valence-corrected chi connectivity index (χ0v) is 16.3. The molecule has 156 valence electrons. The molecular weight excluding hydrogens is 425 g/mol. The third-order valence-corrected chi connectivity index (χ3v) is 5.87. The summed E-state index contributed by atoms with van der Waals surface area (Å²) in [5.41, 5.74) is 7.44. The van der Waals surface area contributed by atoms with Crippen LogP contribution in [0, 0.1) is 0 Å². The first-order valence-electron chi connectivity index (χ1n) is 8.30. The van der Waals surface area contributed by atoms with Gasteiger partial charge in [-0.2, -0.15) is 13.2 Å². The number of aromatic nitrogens is 5. The van der Waals surface area contributed by atoms with Gasteiger partial charge in [-0.1, -0.05) is 6.92 Å². The summed E-state index contributed by atoms with van der Waals surface area (Å²) in [7, 11) is -2.32. The highest BCUT2D eigenvalue weighted by Gasteiger charge is 2.31. The van der Waals surface area contributed by atoms with Gasteiger partial charge in [0, 0.05) is 18.2 Å². The monoisotopic (exact) mass is 438 g/mol. The molecular formula is C16H13F3N8O2S. The van der Waals surface area contributed by atoms with Crippen LogP contribution in [0.25, 0.3) is 33.5 Å². The second-order valence-electron chi connectivity index (χ2n) is 5.94. The highest BCUT2D eigenvalue weighted by Crippen LogP contribution is 2.32. The molecule has 14 heteroatoms. The molecule has 0 aliphatic rings. The van der Waals surface area contributed by atoms with E-state index in [1.165, 1.54) is 30.7 Å². The van der Waals surface area contributed by atoms with Crippen molar-refractivity contribution in [3.8, 4) is 23.0 Å². The van der Waals surface area contributed by atoms with Gasteiger partial charge in [0.1, 0.15) is 17.2 Å². The predicted molar refractivity (Wildman–Crippen MR) is 99.0 cm³/mol. The van der Waals surface area contributed by atoms with Gasteiger partial charge in [0.2, 0.25) is 0 Å². The molecule has 3 aromatic rings. The summed E-state index contributed by atoms with van der Waals surface area (Å²) in [6.07, 6.45) is -3.59. The molecule has 0 amide bonds. The molecule has 3 aromatic heterocycles. The normalized spacial score (nSPS) is 11.9. The number of nitrogens with zero attached hydrogens (tertiary/aromatic N) is 8. The highest BCUT2D eigenvalue weighted by atomic mass is 32.2.